The predicted molar refractivity (Wildman–Crippen MR) is 75.9 cm³/mol. The molecule has 1 aliphatic rings. The fourth-order valence-corrected chi connectivity index (χ4v) is 2.14. The molecule has 3 N–H and O–H groups in total. The van der Waals surface area contributed by atoms with Gasteiger partial charge in [-0.2, -0.15) is 0 Å². The second-order valence-corrected chi connectivity index (χ2v) is 5.02. The number of pyridine rings is 1. The van der Waals surface area contributed by atoms with Crippen molar-refractivity contribution in [2.75, 3.05) is 19.6 Å². The fourth-order valence-electron chi connectivity index (χ4n) is 2.14. The third kappa shape index (κ3) is 3.35. The normalized spacial score (nSPS) is 22.1. The van der Waals surface area contributed by atoms with Gasteiger partial charge in [0, 0.05) is 24.8 Å². The van der Waals surface area contributed by atoms with Crippen molar-refractivity contribution >= 4 is 5.91 Å². The topological polar surface area (TPSA) is 79.5 Å². The quantitative estimate of drug-likeness (QED) is 0.718. The zero-order chi connectivity index (χ0) is 14.5. The predicted octanol–water partition coefficient (Wildman–Crippen LogP) is 0.235. The van der Waals surface area contributed by atoms with E-state index < -0.39 is 6.10 Å². The Labute approximate surface area is 118 Å². The summed E-state index contributed by atoms with van der Waals surface area (Å²) < 4.78 is 0. The zero-order valence-electron chi connectivity index (χ0n) is 11.5. The molecular formula is C15H19N3O2. The summed E-state index contributed by atoms with van der Waals surface area (Å²) in [6, 6.07) is 3.42. The van der Waals surface area contributed by atoms with Gasteiger partial charge in [0.2, 0.25) is 0 Å². The van der Waals surface area contributed by atoms with Crippen molar-refractivity contribution in [1.29, 1.82) is 0 Å². The highest BCUT2D eigenvalue weighted by atomic mass is 16.3. The van der Waals surface area contributed by atoms with E-state index in [0.29, 0.717) is 25.3 Å². The van der Waals surface area contributed by atoms with E-state index in [1.807, 2.05) is 6.92 Å². The van der Waals surface area contributed by atoms with Crippen LogP contribution >= 0.6 is 0 Å². The van der Waals surface area contributed by atoms with Crippen molar-refractivity contribution < 1.29 is 9.90 Å². The number of rotatable bonds is 1. The SMILES string of the molecule is CC1CCN(C(=O)c2ccc(C#CCN)cn2)CC1O. The van der Waals surface area contributed by atoms with E-state index in [2.05, 4.69) is 16.8 Å². The number of carbonyl (C=O) groups is 1. The summed E-state index contributed by atoms with van der Waals surface area (Å²) in [6.45, 7) is 3.32. The lowest BCUT2D eigenvalue weighted by Gasteiger charge is -2.34. The third-order valence-electron chi connectivity index (χ3n) is 3.52. The highest BCUT2D eigenvalue weighted by Gasteiger charge is 2.28. The Balaban J connectivity index is 2.06. The first-order valence-electron chi connectivity index (χ1n) is 6.74. The highest BCUT2D eigenvalue weighted by molar-refractivity contribution is 5.92. The van der Waals surface area contributed by atoms with Crippen LogP contribution < -0.4 is 5.73 Å². The Morgan fingerprint density at radius 3 is 3.00 bits per heavy atom. The van der Waals surface area contributed by atoms with Crippen LogP contribution in [-0.4, -0.2) is 46.6 Å². The summed E-state index contributed by atoms with van der Waals surface area (Å²) in [6.07, 6.45) is 1.92. The van der Waals surface area contributed by atoms with E-state index in [-0.39, 0.29) is 11.8 Å². The summed E-state index contributed by atoms with van der Waals surface area (Å²) in [7, 11) is 0. The van der Waals surface area contributed by atoms with Gasteiger partial charge in [0.05, 0.1) is 12.6 Å². The van der Waals surface area contributed by atoms with Crippen LogP contribution in [-0.2, 0) is 0 Å². The number of likely N-dealkylation sites (tertiary alicyclic amines) is 1. The lowest BCUT2D eigenvalue weighted by molar-refractivity contribution is 0.0245. The van der Waals surface area contributed by atoms with Crippen molar-refractivity contribution in [3.63, 3.8) is 0 Å². The minimum Gasteiger partial charge on any atom is -0.391 e. The van der Waals surface area contributed by atoms with E-state index >= 15 is 0 Å². The molecule has 20 heavy (non-hydrogen) atoms. The summed E-state index contributed by atoms with van der Waals surface area (Å²) in [5.41, 5.74) is 6.41. The average Bonchev–Trinajstić information content (AvgIpc) is 2.48. The standard InChI is InChI=1S/C15H19N3O2/c1-11-6-8-18(10-14(11)19)15(20)13-5-4-12(9-17-13)3-2-7-16/h4-5,9,11,14,19H,6-8,10,16H2,1H3. The maximum atomic E-state index is 12.3. The first kappa shape index (κ1) is 14.5. The van der Waals surface area contributed by atoms with Gasteiger partial charge in [0.1, 0.15) is 5.69 Å². The van der Waals surface area contributed by atoms with Crippen LogP contribution in [0, 0.1) is 17.8 Å². The van der Waals surface area contributed by atoms with Gasteiger partial charge in [-0.05, 0) is 24.5 Å². The first-order chi connectivity index (χ1) is 9.61. The largest absolute Gasteiger partial charge is 0.391 e. The molecule has 2 atom stereocenters. The van der Waals surface area contributed by atoms with E-state index in [4.69, 9.17) is 5.73 Å². The van der Waals surface area contributed by atoms with Gasteiger partial charge in [0.15, 0.2) is 0 Å². The summed E-state index contributed by atoms with van der Waals surface area (Å²) in [5, 5.41) is 9.84. The number of aliphatic hydroxyl groups excluding tert-OH is 1. The molecule has 0 aliphatic carbocycles. The monoisotopic (exact) mass is 273 g/mol. The molecule has 0 bridgehead atoms. The number of piperidine rings is 1. The Bertz CT molecular complexity index is 530. The van der Waals surface area contributed by atoms with E-state index in [1.54, 1.807) is 23.2 Å². The van der Waals surface area contributed by atoms with Crippen molar-refractivity contribution in [2.24, 2.45) is 11.7 Å². The molecule has 5 nitrogen and oxygen atoms in total. The van der Waals surface area contributed by atoms with Crippen molar-refractivity contribution in [2.45, 2.75) is 19.4 Å². The van der Waals surface area contributed by atoms with E-state index in [9.17, 15) is 9.90 Å². The number of hydrogen-bond donors (Lipinski definition) is 2. The molecule has 0 aromatic carbocycles. The van der Waals surface area contributed by atoms with Gasteiger partial charge in [-0.15, -0.1) is 0 Å². The zero-order valence-corrected chi connectivity index (χ0v) is 11.5. The van der Waals surface area contributed by atoms with Gasteiger partial charge in [-0.3, -0.25) is 4.79 Å². The smallest absolute Gasteiger partial charge is 0.272 e. The minimum absolute atomic E-state index is 0.144. The second kappa shape index (κ2) is 6.51. The molecular weight excluding hydrogens is 254 g/mol. The maximum Gasteiger partial charge on any atom is 0.272 e. The first-order valence-corrected chi connectivity index (χ1v) is 6.74. The molecule has 1 aliphatic heterocycles. The molecule has 2 heterocycles. The number of aromatic nitrogens is 1. The van der Waals surface area contributed by atoms with E-state index in [0.717, 1.165) is 12.0 Å². The Hall–Kier alpha value is -1.90. The molecule has 106 valence electrons. The van der Waals surface area contributed by atoms with Gasteiger partial charge in [0.25, 0.3) is 5.91 Å². The molecule has 0 spiro atoms. The summed E-state index contributed by atoms with van der Waals surface area (Å²) in [5.74, 6) is 5.69. The fraction of sp³-hybridized carbons (Fsp3) is 0.467. The van der Waals surface area contributed by atoms with Gasteiger partial charge >= 0.3 is 0 Å². The number of hydrogen-bond acceptors (Lipinski definition) is 4. The molecule has 0 radical (unpaired) electrons. The Morgan fingerprint density at radius 2 is 2.40 bits per heavy atom. The Kier molecular flexibility index (Phi) is 4.72. The molecule has 0 saturated carbocycles. The second-order valence-electron chi connectivity index (χ2n) is 5.02. The molecule has 1 aromatic rings. The van der Waals surface area contributed by atoms with Crippen LogP contribution in [0.3, 0.4) is 0 Å². The van der Waals surface area contributed by atoms with Crippen LogP contribution in [0.1, 0.15) is 29.4 Å². The number of β-amino-alcohol motifs (C(OH)–C–C–N with tert-alkyl or cyclic N) is 1. The molecule has 1 aromatic heterocycles. The number of aliphatic hydroxyl groups is 1. The van der Waals surface area contributed by atoms with Crippen LogP contribution in [0.5, 0.6) is 0 Å². The van der Waals surface area contributed by atoms with Crippen LogP contribution in [0.2, 0.25) is 0 Å². The minimum atomic E-state index is -0.456. The number of amides is 1. The van der Waals surface area contributed by atoms with Crippen molar-refractivity contribution in [3.8, 4) is 11.8 Å². The van der Waals surface area contributed by atoms with Gasteiger partial charge in [-0.1, -0.05) is 18.8 Å². The summed E-state index contributed by atoms with van der Waals surface area (Å²) in [4.78, 5) is 18.1. The Morgan fingerprint density at radius 1 is 1.60 bits per heavy atom. The molecule has 5 heteroatoms. The van der Waals surface area contributed by atoms with Gasteiger partial charge in [-0.25, -0.2) is 4.98 Å². The molecule has 2 rings (SSSR count). The van der Waals surface area contributed by atoms with Crippen LogP contribution in [0.15, 0.2) is 18.3 Å². The highest BCUT2D eigenvalue weighted by Crippen LogP contribution is 2.18. The van der Waals surface area contributed by atoms with Crippen molar-refractivity contribution in [1.82, 2.24) is 9.88 Å². The van der Waals surface area contributed by atoms with Crippen molar-refractivity contribution in [3.05, 3.63) is 29.6 Å². The average molecular weight is 273 g/mol. The number of carbonyl (C=O) groups excluding carboxylic acids is 1. The third-order valence-corrected chi connectivity index (χ3v) is 3.52. The number of nitrogens with zero attached hydrogens (tertiary/aromatic N) is 2. The molecule has 1 fully saturated rings. The summed E-state index contributed by atoms with van der Waals surface area (Å²) >= 11 is 0. The van der Waals surface area contributed by atoms with Crippen LogP contribution in [0.25, 0.3) is 0 Å². The van der Waals surface area contributed by atoms with E-state index in [1.165, 1.54) is 0 Å². The molecule has 2 unspecified atom stereocenters. The lowest BCUT2D eigenvalue weighted by atomic mass is 9.96. The van der Waals surface area contributed by atoms with Gasteiger partial charge < -0.3 is 15.7 Å². The lowest BCUT2D eigenvalue weighted by Crippen LogP contribution is -2.46. The molecule has 1 amide bonds. The maximum absolute atomic E-state index is 12.3. The van der Waals surface area contributed by atoms with Crippen LogP contribution in [0.4, 0.5) is 0 Å². The molecule has 1 saturated heterocycles. The number of nitrogens with two attached hydrogens (primary N) is 1.